The van der Waals surface area contributed by atoms with Crippen molar-refractivity contribution in [2.45, 2.75) is 31.0 Å². The molecule has 1 radical (unpaired) electrons. The molecule has 1 aromatic carbocycles. The monoisotopic (exact) mass is 496 g/mol. The van der Waals surface area contributed by atoms with Crippen molar-refractivity contribution in [3.05, 3.63) is 29.8 Å². The van der Waals surface area contributed by atoms with Crippen LogP contribution in [0.15, 0.2) is 34.3 Å². The zero-order valence-corrected chi connectivity index (χ0v) is 20.8. The molecule has 0 fully saturated rings. The van der Waals surface area contributed by atoms with E-state index >= 15 is 0 Å². The first-order valence-electron chi connectivity index (χ1n) is 10.2. The summed E-state index contributed by atoms with van der Waals surface area (Å²) in [4.78, 5) is 67.7. The van der Waals surface area contributed by atoms with Crippen LogP contribution in [-0.4, -0.2) is 118 Å². The van der Waals surface area contributed by atoms with Crippen LogP contribution in [0.3, 0.4) is 0 Å². The number of carboxylic acid groups (broad SMARTS) is 2. The van der Waals surface area contributed by atoms with Gasteiger partial charge >= 0.3 is 11.9 Å². The SMILES string of the molecule is NC1=NC2=NCC(CNc3ccc(C(=O)N[C@@H](CCC(=O)O)C(=O)O)cc3)N(C=O)C2C(=O)N1.[Na]. The molecule has 35 heavy (non-hydrogen) atoms. The van der Waals surface area contributed by atoms with Crippen LogP contribution in [0.4, 0.5) is 5.69 Å². The number of guanidine groups is 1. The van der Waals surface area contributed by atoms with E-state index in [2.05, 4.69) is 25.9 Å². The molecule has 1 aromatic rings. The molecule has 3 atom stereocenters. The molecule has 2 aliphatic rings. The van der Waals surface area contributed by atoms with Gasteiger partial charge in [-0.2, -0.15) is 4.99 Å². The Morgan fingerprint density at radius 1 is 1.26 bits per heavy atom. The van der Waals surface area contributed by atoms with Gasteiger partial charge in [0.1, 0.15) is 6.04 Å². The van der Waals surface area contributed by atoms with Crippen molar-refractivity contribution in [1.82, 2.24) is 15.5 Å². The standard InChI is InChI=1S/C20H23N7O7.Na/c21-20-25-16-15(18(32)26-20)27(9-28)12(8-23-16)7-22-11-3-1-10(2-4-11)17(31)24-13(19(33)34)5-6-14(29)30;/h1-4,9,12-13,15,22H,5-8H2,(H,24,31)(H,29,30)(H,33,34)(H3,21,23,25,26,32);/t12?,13-,15?;/m0./s1. The third-order valence-electron chi connectivity index (χ3n) is 5.22. The number of nitrogens with one attached hydrogen (secondary N) is 3. The quantitative estimate of drug-likeness (QED) is 0.153. The fraction of sp³-hybridized carbons (Fsp3) is 0.350. The summed E-state index contributed by atoms with van der Waals surface area (Å²) in [5, 5.41) is 25.7. The van der Waals surface area contributed by atoms with E-state index in [-0.39, 0.29) is 66.4 Å². The molecule has 3 amide bonds. The number of benzene rings is 1. The van der Waals surface area contributed by atoms with Crippen molar-refractivity contribution in [2.24, 2.45) is 15.7 Å². The van der Waals surface area contributed by atoms with Gasteiger partial charge in [0.25, 0.3) is 11.8 Å². The van der Waals surface area contributed by atoms with Gasteiger partial charge in [-0.25, -0.2) is 4.79 Å². The third-order valence-corrected chi connectivity index (χ3v) is 5.22. The summed E-state index contributed by atoms with van der Waals surface area (Å²) in [5.74, 6) is -3.56. The number of aliphatic carboxylic acids is 2. The van der Waals surface area contributed by atoms with Crippen LogP contribution in [0.5, 0.6) is 0 Å². The van der Waals surface area contributed by atoms with Gasteiger partial charge < -0.3 is 31.5 Å². The first-order valence-corrected chi connectivity index (χ1v) is 10.2. The Morgan fingerprint density at radius 2 is 1.94 bits per heavy atom. The Kier molecular flexibility index (Phi) is 9.74. The van der Waals surface area contributed by atoms with Gasteiger partial charge in [-0.05, 0) is 30.7 Å². The number of anilines is 1. The predicted molar refractivity (Wildman–Crippen MR) is 124 cm³/mol. The number of amidine groups is 1. The second-order valence-electron chi connectivity index (χ2n) is 7.55. The normalized spacial score (nSPS) is 19.5. The number of carbonyl (C=O) groups is 5. The number of hydrogen-bond donors (Lipinski definition) is 6. The van der Waals surface area contributed by atoms with Crippen molar-refractivity contribution >= 4 is 77.2 Å². The van der Waals surface area contributed by atoms with Crippen LogP contribution in [0.25, 0.3) is 0 Å². The number of nitrogens with two attached hydrogens (primary N) is 1. The summed E-state index contributed by atoms with van der Waals surface area (Å²) in [6, 6.07) is 3.36. The molecule has 14 nitrogen and oxygen atoms in total. The molecule has 3 rings (SSSR count). The van der Waals surface area contributed by atoms with Gasteiger partial charge in [-0.15, -0.1) is 0 Å². The Bertz CT molecular complexity index is 1060. The van der Waals surface area contributed by atoms with E-state index in [1.807, 2.05) is 0 Å². The van der Waals surface area contributed by atoms with Crippen LogP contribution in [-0.2, 0) is 19.2 Å². The minimum Gasteiger partial charge on any atom is -0.481 e. The summed E-state index contributed by atoms with van der Waals surface area (Å²) in [5.41, 5.74) is 6.32. The number of aliphatic imine (C=N–C) groups is 2. The molecule has 2 aliphatic heterocycles. The van der Waals surface area contributed by atoms with E-state index in [4.69, 9.17) is 15.9 Å². The number of hydrogen-bond acceptors (Lipinski definition) is 9. The molecule has 2 heterocycles. The molecule has 15 heteroatoms. The second-order valence-corrected chi connectivity index (χ2v) is 7.55. The maximum Gasteiger partial charge on any atom is 0.326 e. The summed E-state index contributed by atoms with van der Waals surface area (Å²) in [6.45, 7) is 0.454. The Morgan fingerprint density at radius 3 is 2.54 bits per heavy atom. The van der Waals surface area contributed by atoms with Crippen LogP contribution in [0.2, 0.25) is 0 Å². The van der Waals surface area contributed by atoms with Crippen molar-refractivity contribution in [2.75, 3.05) is 18.4 Å². The number of carbonyl (C=O) groups excluding carboxylic acids is 3. The Hall–Kier alpha value is -3.49. The topological polar surface area (TPSA) is 216 Å². The maximum atomic E-state index is 12.3. The average Bonchev–Trinajstić information content (AvgIpc) is 2.79. The molecular formula is C20H23N7NaO7. The zero-order chi connectivity index (χ0) is 24.8. The van der Waals surface area contributed by atoms with Crippen molar-refractivity contribution in [3.63, 3.8) is 0 Å². The van der Waals surface area contributed by atoms with E-state index in [1.165, 1.54) is 17.0 Å². The molecule has 0 saturated carbocycles. The van der Waals surface area contributed by atoms with E-state index in [0.717, 1.165) is 0 Å². The zero-order valence-electron chi connectivity index (χ0n) is 18.8. The van der Waals surface area contributed by atoms with Gasteiger partial charge in [-0.1, -0.05) is 0 Å². The molecule has 0 spiro atoms. The number of carboxylic acids is 2. The number of nitrogens with zero attached hydrogens (tertiary/aromatic N) is 3. The summed E-state index contributed by atoms with van der Waals surface area (Å²) in [7, 11) is 0. The summed E-state index contributed by atoms with van der Waals surface area (Å²) >= 11 is 0. The molecular weight excluding hydrogens is 473 g/mol. The van der Waals surface area contributed by atoms with Crippen molar-refractivity contribution < 1.29 is 34.2 Å². The van der Waals surface area contributed by atoms with E-state index in [1.54, 1.807) is 12.1 Å². The largest absolute Gasteiger partial charge is 0.481 e. The van der Waals surface area contributed by atoms with E-state index in [9.17, 15) is 24.0 Å². The van der Waals surface area contributed by atoms with Crippen LogP contribution in [0.1, 0.15) is 23.2 Å². The Balaban J connectivity index is 0.00000432. The molecule has 0 aromatic heterocycles. The smallest absolute Gasteiger partial charge is 0.326 e. The van der Waals surface area contributed by atoms with Gasteiger partial charge in [0, 0.05) is 53.8 Å². The minimum atomic E-state index is -1.33. The van der Waals surface area contributed by atoms with Gasteiger partial charge in [0.05, 0.1) is 12.6 Å². The average molecular weight is 496 g/mol. The van der Waals surface area contributed by atoms with Gasteiger partial charge in [0.2, 0.25) is 12.4 Å². The fourth-order valence-electron chi connectivity index (χ4n) is 3.48. The van der Waals surface area contributed by atoms with Crippen LogP contribution >= 0.6 is 0 Å². The molecule has 0 aliphatic carbocycles. The van der Waals surface area contributed by atoms with E-state index in [0.29, 0.717) is 12.1 Å². The number of amides is 3. The molecule has 2 unspecified atom stereocenters. The predicted octanol–water partition coefficient (Wildman–Crippen LogP) is -2.18. The third kappa shape index (κ3) is 7.00. The van der Waals surface area contributed by atoms with Crippen LogP contribution < -0.4 is 21.7 Å². The number of fused-ring (bicyclic) bond motifs is 1. The summed E-state index contributed by atoms with van der Waals surface area (Å²) < 4.78 is 0. The first-order chi connectivity index (χ1) is 16.2. The maximum absolute atomic E-state index is 12.3. The molecule has 0 saturated heterocycles. The minimum absolute atomic E-state index is 0. The van der Waals surface area contributed by atoms with Crippen LogP contribution in [0, 0.1) is 0 Å². The van der Waals surface area contributed by atoms with E-state index < -0.39 is 48.3 Å². The summed E-state index contributed by atoms with van der Waals surface area (Å²) in [6.07, 6.45) is -0.0857. The van der Waals surface area contributed by atoms with Gasteiger partial charge in [0.15, 0.2) is 11.9 Å². The molecule has 7 N–H and O–H groups in total. The molecule has 0 bridgehead atoms. The first kappa shape index (κ1) is 27.8. The van der Waals surface area contributed by atoms with Crippen molar-refractivity contribution in [1.29, 1.82) is 0 Å². The number of rotatable bonds is 10. The molecule has 181 valence electrons. The Labute approximate surface area is 221 Å². The van der Waals surface area contributed by atoms with Gasteiger partial charge in [-0.3, -0.25) is 29.5 Å². The second kappa shape index (κ2) is 12.3. The van der Waals surface area contributed by atoms with Crippen molar-refractivity contribution in [3.8, 4) is 0 Å². The fourth-order valence-corrected chi connectivity index (χ4v) is 3.48.